The van der Waals surface area contributed by atoms with Crippen LogP contribution >= 0.6 is 11.6 Å². The molecule has 3 heterocycles. The fourth-order valence-electron chi connectivity index (χ4n) is 5.27. The number of nitrogens with one attached hydrogen (secondary N) is 1. The van der Waals surface area contributed by atoms with E-state index < -0.39 is 23.5 Å². The Bertz CT molecular complexity index is 1460. The Labute approximate surface area is 271 Å². The molecule has 3 aromatic rings. The highest BCUT2D eigenvalue weighted by molar-refractivity contribution is 6.30. The zero-order valence-electron chi connectivity index (χ0n) is 27.7. The largest absolute Gasteiger partial charge is 0.489 e. The number of pyridine rings is 2. The molecule has 0 bridgehead atoms. The maximum absolute atomic E-state index is 14.0. The van der Waals surface area contributed by atoms with Gasteiger partial charge in [0.1, 0.15) is 12.4 Å². The smallest absolute Gasteiger partial charge is 0.340 e. The lowest BCUT2D eigenvalue weighted by atomic mass is 9.82. The third-order valence-corrected chi connectivity index (χ3v) is 7.89. The Kier molecular flexibility index (Phi) is 11.0. The van der Waals surface area contributed by atoms with Crippen molar-refractivity contribution in [3.8, 4) is 16.9 Å². The fourth-order valence-corrected chi connectivity index (χ4v) is 5.43. The van der Waals surface area contributed by atoms with E-state index in [1.54, 1.807) is 12.3 Å². The van der Waals surface area contributed by atoms with E-state index in [0.717, 1.165) is 54.0 Å². The van der Waals surface area contributed by atoms with Crippen molar-refractivity contribution in [2.45, 2.75) is 86.0 Å². The first-order valence-corrected chi connectivity index (χ1v) is 15.9. The number of rotatable bonds is 11. The lowest BCUT2D eigenvalue weighted by Gasteiger charge is -2.41. The topological polar surface area (TPSA) is 85.8 Å². The van der Waals surface area contributed by atoms with Crippen LogP contribution in [0.4, 0.5) is 15.9 Å². The highest BCUT2D eigenvalue weighted by Gasteiger charge is 2.37. The van der Waals surface area contributed by atoms with Crippen molar-refractivity contribution in [2.75, 3.05) is 36.5 Å². The van der Waals surface area contributed by atoms with Gasteiger partial charge >= 0.3 is 5.97 Å². The zero-order valence-corrected chi connectivity index (χ0v) is 28.4. The number of piperidine rings is 1. The third kappa shape index (κ3) is 9.30. The lowest BCUT2D eigenvalue weighted by molar-refractivity contribution is -0.171. The number of ether oxygens (including phenoxy) is 3. The number of halogens is 2. The quantitative estimate of drug-likeness (QED) is 0.166. The van der Waals surface area contributed by atoms with E-state index in [0.29, 0.717) is 17.4 Å². The van der Waals surface area contributed by atoms with E-state index in [1.165, 1.54) is 12.1 Å². The van der Waals surface area contributed by atoms with Gasteiger partial charge in [-0.15, -0.1) is 0 Å². The number of esters is 1. The normalized spacial score (nSPS) is 15.6. The summed E-state index contributed by atoms with van der Waals surface area (Å²) in [5.41, 5.74) is 3.72. The molecule has 2 aromatic heterocycles. The summed E-state index contributed by atoms with van der Waals surface area (Å²) in [4.78, 5) is 25.4. The summed E-state index contributed by atoms with van der Waals surface area (Å²) in [5.74, 6) is -0.141. The summed E-state index contributed by atoms with van der Waals surface area (Å²) < 4.78 is 31.7. The van der Waals surface area contributed by atoms with E-state index in [4.69, 9.17) is 30.8 Å². The first-order chi connectivity index (χ1) is 21.1. The summed E-state index contributed by atoms with van der Waals surface area (Å²) in [6.45, 7) is 18.3. The maximum atomic E-state index is 14.0. The molecule has 1 aromatic carbocycles. The van der Waals surface area contributed by atoms with Crippen LogP contribution in [-0.2, 0) is 14.3 Å². The molecule has 0 spiro atoms. The molecule has 0 aliphatic carbocycles. The van der Waals surface area contributed by atoms with Crippen LogP contribution in [0.5, 0.6) is 5.75 Å². The number of hydrogen-bond donors (Lipinski definition) is 1. The van der Waals surface area contributed by atoms with Gasteiger partial charge in [-0.05, 0) is 90.1 Å². The van der Waals surface area contributed by atoms with Crippen molar-refractivity contribution in [3.63, 3.8) is 0 Å². The maximum Gasteiger partial charge on any atom is 0.340 e. The molecular formula is C35H46ClFN4O4. The first kappa shape index (κ1) is 34.4. The Morgan fingerprint density at radius 3 is 2.42 bits per heavy atom. The Morgan fingerprint density at radius 1 is 1.11 bits per heavy atom. The second-order valence-electron chi connectivity index (χ2n) is 13.5. The predicted molar refractivity (Wildman–Crippen MR) is 178 cm³/mol. The molecule has 1 fully saturated rings. The molecular weight excluding hydrogens is 595 g/mol. The van der Waals surface area contributed by atoms with E-state index >= 15 is 0 Å². The van der Waals surface area contributed by atoms with E-state index in [-0.39, 0.29) is 23.9 Å². The summed E-state index contributed by atoms with van der Waals surface area (Å²) in [5, 5.41) is 3.53. The zero-order chi connectivity index (χ0) is 32.9. The molecule has 10 heteroatoms. The summed E-state index contributed by atoms with van der Waals surface area (Å²) in [6.07, 6.45) is 4.42. The molecule has 1 aliphatic rings. The molecule has 1 aliphatic heterocycles. The van der Waals surface area contributed by atoms with Gasteiger partial charge in [-0.2, -0.15) is 0 Å². The second kappa shape index (κ2) is 14.3. The van der Waals surface area contributed by atoms with Crippen LogP contribution in [0.2, 0.25) is 5.02 Å². The highest BCUT2D eigenvalue weighted by atomic mass is 35.5. The first-order valence-electron chi connectivity index (χ1n) is 15.5. The number of benzene rings is 1. The number of carbonyl (C=O) groups is 1. The Morgan fingerprint density at radius 2 is 1.82 bits per heavy atom. The minimum absolute atomic E-state index is 0.145. The van der Waals surface area contributed by atoms with Gasteiger partial charge in [0.2, 0.25) is 0 Å². The molecule has 1 saturated heterocycles. The molecule has 1 N–H and O–H groups in total. The van der Waals surface area contributed by atoms with Gasteiger partial charge in [0.25, 0.3) is 0 Å². The number of carbonyl (C=O) groups excluding carboxylic acids is 1. The van der Waals surface area contributed by atoms with Gasteiger partial charge < -0.3 is 24.4 Å². The molecule has 244 valence electrons. The molecule has 0 unspecified atom stereocenters. The van der Waals surface area contributed by atoms with Crippen LogP contribution in [0.25, 0.3) is 11.1 Å². The van der Waals surface area contributed by atoms with Gasteiger partial charge in [-0.25, -0.2) is 14.2 Å². The van der Waals surface area contributed by atoms with Crippen molar-refractivity contribution in [3.05, 3.63) is 64.8 Å². The number of hydrogen-bond acceptors (Lipinski definition) is 8. The van der Waals surface area contributed by atoms with Crippen LogP contribution in [0.1, 0.15) is 78.7 Å². The highest BCUT2D eigenvalue weighted by Crippen LogP contribution is 2.43. The minimum atomic E-state index is -0.954. The number of aryl methyl sites for hydroxylation is 1. The SMILES string of the molecule is Cc1ncc(-c2ccc(NCCOc3ccc(Cl)cc3F)nc2)c(N2CCC(C)(C)CC2)c1[C@H](OC(C)(C)C)C(=O)OC(C)C. The molecule has 45 heavy (non-hydrogen) atoms. The van der Waals surface area contributed by atoms with Gasteiger partial charge in [0, 0.05) is 52.9 Å². The number of aromatic nitrogens is 2. The van der Waals surface area contributed by atoms with Crippen LogP contribution in [0, 0.1) is 18.2 Å². The lowest BCUT2D eigenvalue weighted by Crippen LogP contribution is -2.39. The number of nitrogens with zero attached hydrogens (tertiary/aromatic N) is 3. The standard InChI is InChI=1S/C35H46ClFN4O4/c1-22(2)44-33(42)32(45-34(4,5)6)30-23(3)39-21-26(31(30)41-16-13-35(7,8)14-17-41)24-9-12-29(40-20-24)38-15-18-43-28-11-10-25(36)19-27(28)37/h9-12,19-22,32H,13-18H2,1-8H3,(H,38,40)/t32-/m0/s1. The van der Waals surface area contributed by atoms with Gasteiger partial charge in [0.15, 0.2) is 17.7 Å². The fraction of sp³-hybridized carbons (Fsp3) is 0.514. The van der Waals surface area contributed by atoms with Crippen LogP contribution < -0.4 is 15.0 Å². The summed E-state index contributed by atoms with van der Waals surface area (Å²) >= 11 is 5.82. The molecule has 4 rings (SSSR count). The van der Waals surface area contributed by atoms with Gasteiger partial charge in [-0.3, -0.25) is 4.98 Å². The Balaban J connectivity index is 1.65. The van der Waals surface area contributed by atoms with Crippen molar-refractivity contribution in [1.82, 2.24) is 9.97 Å². The average molecular weight is 641 g/mol. The molecule has 1 atom stereocenters. The minimum Gasteiger partial charge on any atom is -0.489 e. The van der Waals surface area contributed by atoms with Crippen LogP contribution in [-0.4, -0.2) is 53.9 Å². The summed E-state index contributed by atoms with van der Waals surface area (Å²) in [6, 6.07) is 8.18. The monoisotopic (exact) mass is 640 g/mol. The molecule has 0 amide bonds. The molecule has 8 nitrogen and oxygen atoms in total. The second-order valence-corrected chi connectivity index (χ2v) is 14.0. The average Bonchev–Trinajstić information content (AvgIpc) is 2.95. The third-order valence-electron chi connectivity index (χ3n) is 7.65. The van der Waals surface area contributed by atoms with Crippen molar-refractivity contribution in [2.24, 2.45) is 5.41 Å². The van der Waals surface area contributed by atoms with Crippen LogP contribution in [0.3, 0.4) is 0 Å². The van der Waals surface area contributed by atoms with Gasteiger partial charge in [-0.1, -0.05) is 25.4 Å². The molecule has 0 saturated carbocycles. The van der Waals surface area contributed by atoms with Crippen molar-refractivity contribution in [1.29, 1.82) is 0 Å². The molecule has 0 radical (unpaired) electrons. The number of anilines is 2. The van der Waals surface area contributed by atoms with Crippen LogP contribution in [0.15, 0.2) is 42.7 Å². The summed E-state index contributed by atoms with van der Waals surface area (Å²) in [7, 11) is 0. The Hall–Kier alpha value is -3.43. The van der Waals surface area contributed by atoms with E-state index in [1.807, 2.05) is 59.9 Å². The van der Waals surface area contributed by atoms with Crippen molar-refractivity contribution >= 4 is 29.1 Å². The van der Waals surface area contributed by atoms with E-state index in [9.17, 15) is 9.18 Å². The van der Waals surface area contributed by atoms with Gasteiger partial charge in [0.05, 0.1) is 23.9 Å². The predicted octanol–water partition coefficient (Wildman–Crippen LogP) is 8.17. The van der Waals surface area contributed by atoms with Crippen molar-refractivity contribution < 1.29 is 23.4 Å². The van der Waals surface area contributed by atoms with E-state index in [2.05, 4.69) is 29.0 Å².